The van der Waals surface area contributed by atoms with Gasteiger partial charge in [-0.2, -0.15) is 13.2 Å². The summed E-state index contributed by atoms with van der Waals surface area (Å²) in [6.45, 7) is 1.07. The summed E-state index contributed by atoms with van der Waals surface area (Å²) in [5.74, 6) is -0.966. The van der Waals surface area contributed by atoms with E-state index in [-0.39, 0.29) is 24.9 Å². The zero-order chi connectivity index (χ0) is 15.6. The Hall–Kier alpha value is -1.58. The topological polar surface area (TPSA) is 94.2 Å². The van der Waals surface area contributed by atoms with Crippen LogP contribution in [0.15, 0.2) is 16.9 Å². The van der Waals surface area contributed by atoms with Crippen molar-refractivity contribution < 1.29 is 23.1 Å². The average molecular weight is 342 g/mol. The van der Waals surface area contributed by atoms with Gasteiger partial charge < -0.3 is 20.7 Å². The summed E-state index contributed by atoms with van der Waals surface area (Å²) in [7, 11) is 0. The Balaban J connectivity index is 0.00000242. The van der Waals surface area contributed by atoms with Crippen molar-refractivity contribution in [1.29, 1.82) is 0 Å². The molecule has 1 amide bonds. The molecule has 0 radical (unpaired) electrons. The second kappa shape index (κ2) is 7.12. The number of carbonyl (C=O) groups is 1. The van der Waals surface area contributed by atoms with Crippen LogP contribution in [0.5, 0.6) is 0 Å². The van der Waals surface area contributed by atoms with Gasteiger partial charge in [-0.1, -0.05) is 0 Å². The summed E-state index contributed by atoms with van der Waals surface area (Å²) in [5, 5.41) is 14.9. The molecule has 2 heterocycles. The Morgan fingerprint density at radius 3 is 2.55 bits per heavy atom. The number of hydrogen-bond donors (Lipinski definition) is 4. The summed E-state index contributed by atoms with van der Waals surface area (Å²) >= 11 is 0. The molecule has 1 fully saturated rings. The van der Waals surface area contributed by atoms with E-state index < -0.39 is 35.0 Å². The number of nitrogens with one attached hydrogen (secondary N) is 3. The molecule has 4 N–H and O–H groups in total. The quantitative estimate of drug-likeness (QED) is 0.628. The van der Waals surface area contributed by atoms with Crippen molar-refractivity contribution in [3.63, 3.8) is 0 Å². The van der Waals surface area contributed by atoms with E-state index in [0.717, 1.165) is 6.07 Å². The van der Waals surface area contributed by atoms with E-state index in [1.807, 2.05) is 0 Å². The van der Waals surface area contributed by atoms with E-state index >= 15 is 0 Å². The lowest BCUT2D eigenvalue weighted by Crippen LogP contribution is -2.37. The van der Waals surface area contributed by atoms with E-state index in [4.69, 9.17) is 0 Å². The van der Waals surface area contributed by atoms with E-state index in [0.29, 0.717) is 19.2 Å². The fourth-order valence-corrected chi connectivity index (χ4v) is 2.06. The van der Waals surface area contributed by atoms with Crippen molar-refractivity contribution in [2.24, 2.45) is 5.92 Å². The molecule has 0 aliphatic carbocycles. The van der Waals surface area contributed by atoms with E-state index in [1.165, 1.54) is 0 Å². The lowest BCUT2D eigenvalue weighted by Gasteiger charge is -2.14. The van der Waals surface area contributed by atoms with Crippen LogP contribution in [-0.4, -0.2) is 41.7 Å². The molecule has 10 heteroatoms. The fraction of sp³-hybridized carbons (Fsp3) is 0.500. The number of pyridine rings is 1. The van der Waals surface area contributed by atoms with Gasteiger partial charge in [-0.15, -0.1) is 12.4 Å². The molecule has 1 saturated heterocycles. The predicted molar refractivity (Wildman–Crippen MR) is 74.0 cm³/mol. The summed E-state index contributed by atoms with van der Waals surface area (Å²) in [6.07, 6.45) is -5.27. The third-order valence-electron chi connectivity index (χ3n) is 3.29. The van der Waals surface area contributed by atoms with Crippen molar-refractivity contribution >= 4 is 18.3 Å². The lowest BCUT2D eigenvalue weighted by molar-refractivity contribution is -0.141. The number of carbonyl (C=O) groups excluding carboxylic acids is 1. The number of aromatic nitrogens is 1. The van der Waals surface area contributed by atoms with Crippen LogP contribution in [-0.2, 0) is 6.18 Å². The number of hydrogen-bond acceptors (Lipinski definition) is 4. The number of alkyl halides is 3. The molecule has 124 valence electrons. The van der Waals surface area contributed by atoms with Crippen LogP contribution in [0.25, 0.3) is 0 Å². The molecule has 6 nitrogen and oxygen atoms in total. The third-order valence-corrected chi connectivity index (χ3v) is 3.29. The minimum Gasteiger partial charge on any atom is -0.391 e. The van der Waals surface area contributed by atoms with E-state index in [2.05, 4.69) is 10.6 Å². The van der Waals surface area contributed by atoms with Gasteiger partial charge >= 0.3 is 6.18 Å². The third kappa shape index (κ3) is 4.21. The first kappa shape index (κ1) is 18.5. The summed E-state index contributed by atoms with van der Waals surface area (Å²) in [4.78, 5) is 24.9. The molecular weight excluding hydrogens is 327 g/mol. The smallest absolute Gasteiger partial charge is 0.391 e. The number of aliphatic hydroxyl groups is 1. The van der Waals surface area contributed by atoms with Crippen molar-refractivity contribution in [3.05, 3.63) is 33.7 Å². The zero-order valence-corrected chi connectivity index (χ0v) is 12.1. The molecule has 2 rings (SSSR count). The number of aliphatic hydroxyl groups excluding tert-OH is 1. The maximum absolute atomic E-state index is 12.4. The molecule has 0 aromatic carbocycles. The number of H-pyrrole nitrogens is 1. The summed E-state index contributed by atoms with van der Waals surface area (Å²) < 4.78 is 37.2. The van der Waals surface area contributed by atoms with Gasteiger partial charge in [0.2, 0.25) is 0 Å². The summed E-state index contributed by atoms with van der Waals surface area (Å²) in [5.41, 5.74) is -2.71. The van der Waals surface area contributed by atoms with Crippen molar-refractivity contribution in [2.75, 3.05) is 19.6 Å². The van der Waals surface area contributed by atoms with E-state index in [1.54, 1.807) is 4.98 Å². The van der Waals surface area contributed by atoms with Crippen LogP contribution < -0.4 is 16.2 Å². The zero-order valence-electron chi connectivity index (χ0n) is 11.2. The Morgan fingerprint density at radius 2 is 2.05 bits per heavy atom. The Kier molecular flexibility index (Phi) is 5.98. The van der Waals surface area contributed by atoms with Crippen LogP contribution in [0.4, 0.5) is 13.2 Å². The number of amides is 1. The first-order valence-electron chi connectivity index (χ1n) is 6.26. The normalized spacial score (nSPS) is 21.3. The van der Waals surface area contributed by atoms with Gasteiger partial charge in [-0.05, 0) is 12.1 Å². The van der Waals surface area contributed by atoms with Gasteiger partial charge in [0.1, 0.15) is 11.3 Å². The van der Waals surface area contributed by atoms with Gasteiger partial charge in [0.25, 0.3) is 11.5 Å². The maximum atomic E-state index is 12.4. The number of aromatic amines is 1. The number of β-amino-alcohol motifs (C(OH)–C–C–N with tert-alkyl or cyclic N) is 1. The van der Waals surface area contributed by atoms with Crippen LogP contribution in [0.2, 0.25) is 0 Å². The van der Waals surface area contributed by atoms with Crippen molar-refractivity contribution in [1.82, 2.24) is 15.6 Å². The van der Waals surface area contributed by atoms with Crippen molar-refractivity contribution in [2.45, 2.75) is 12.3 Å². The second-order valence-corrected chi connectivity index (χ2v) is 4.81. The molecule has 2 atom stereocenters. The maximum Gasteiger partial charge on any atom is 0.431 e. The highest BCUT2D eigenvalue weighted by atomic mass is 35.5. The first-order valence-corrected chi connectivity index (χ1v) is 6.26. The molecule has 1 aromatic rings. The Morgan fingerprint density at radius 1 is 1.36 bits per heavy atom. The molecule has 22 heavy (non-hydrogen) atoms. The molecule has 0 saturated carbocycles. The Labute approximate surface area is 129 Å². The minimum absolute atomic E-state index is 0. The predicted octanol–water partition coefficient (Wildman–Crippen LogP) is 0.126. The number of halogens is 4. The van der Waals surface area contributed by atoms with Crippen LogP contribution in [0.1, 0.15) is 16.1 Å². The van der Waals surface area contributed by atoms with E-state index in [9.17, 15) is 27.9 Å². The first-order chi connectivity index (χ1) is 9.79. The van der Waals surface area contributed by atoms with Crippen LogP contribution >= 0.6 is 12.4 Å². The molecule has 2 unspecified atom stereocenters. The van der Waals surface area contributed by atoms with Gasteiger partial charge in [-0.3, -0.25) is 9.59 Å². The average Bonchev–Trinajstić information content (AvgIpc) is 2.80. The molecule has 0 spiro atoms. The standard InChI is InChI=1S/C12H14F3N3O3.ClH/c13-12(14,15)9-2-1-7(11(21)18-9)10(20)17-4-6-3-16-5-8(6)19;/h1-2,6,8,16,19H,3-5H2,(H,17,20)(H,18,21);1H. The van der Waals surface area contributed by atoms with Crippen LogP contribution in [0, 0.1) is 5.92 Å². The molecule has 1 aromatic heterocycles. The highest BCUT2D eigenvalue weighted by Gasteiger charge is 2.32. The highest BCUT2D eigenvalue weighted by Crippen LogP contribution is 2.26. The second-order valence-electron chi connectivity index (χ2n) is 4.81. The van der Waals surface area contributed by atoms with Crippen LogP contribution in [0.3, 0.4) is 0 Å². The highest BCUT2D eigenvalue weighted by molar-refractivity contribution is 5.93. The van der Waals surface area contributed by atoms with Gasteiger partial charge in [0, 0.05) is 25.6 Å². The van der Waals surface area contributed by atoms with Gasteiger partial charge in [-0.25, -0.2) is 0 Å². The SMILES string of the molecule is Cl.O=C(NCC1CNCC1O)c1ccc(C(F)(F)F)[nH]c1=O. The monoisotopic (exact) mass is 341 g/mol. The molecule has 0 bridgehead atoms. The molecular formula is C12H15ClF3N3O3. The lowest BCUT2D eigenvalue weighted by atomic mass is 10.1. The largest absolute Gasteiger partial charge is 0.431 e. The fourth-order valence-electron chi connectivity index (χ4n) is 2.06. The van der Waals surface area contributed by atoms with Crippen molar-refractivity contribution in [3.8, 4) is 0 Å². The Bertz CT molecular complexity index is 591. The molecule has 1 aliphatic rings. The van der Waals surface area contributed by atoms with Gasteiger partial charge in [0.05, 0.1) is 6.10 Å². The van der Waals surface area contributed by atoms with Gasteiger partial charge in [0.15, 0.2) is 0 Å². The minimum atomic E-state index is -4.67. The number of rotatable bonds is 3. The summed E-state index contributed by atoms with van der Waals surface area (Å²) in [6, 6.07) is 1.47. The molecule has 1 aliphatic heterocycles.